The summed E-state index contributed by atoms with van der Waals surface area (Å²) < 4.78 is 11.4. The molecule has 0 aliphatic rings. The highest BCUT2D eigenvalue weighted by Gasteiger charge is 2.12. The van der Waals surface area contributed by atoms with E-state index in [0.717, 1.165) is 54.7 Å². The van der Waals surface area contributed by atoms with Gasteiger partial charge in [-0.05, 0) is 48.6 Å². The maximum atomic E-state index is 12.3. The molecule has 2 rings (SSSR count). The van der Waals surface area contributed by atoms with E-state index < -0.39 is 0 Å². The van der Waals surface area contributed by atoms with Crippen LogP contribution in [0.3, 0.4) is 0 Å². The molecular formula is C32H48O3. The fraction of sp³-hybridized carbons (Fsp3) is 0.594. The Labute approximate surface area is 214 Å². The monoisotopic (exact) mass is 480 g/mol. The molecule has 2 aromatic rings. The first kappa shape index (κ1) is 28.9. The van der Waals surface area contributed by atoms with Crippen LogP contribution in [-0.2, 0) is 9.53 Å². The summed E-state index contributed by atoms with van der Waals surface area (Å²) in [6, 6.07) is 16.5. The Bertz CT molecular complexity index is 795. The minimum absolute atomic E-state index is 0.0869. The summed E-state index contributed by atoms with van der Waals surface area (Å²) in [5.41, 5.74) is 3.33. The van der Waals surface area contributed by atoms with Crippen LogP contribution in [0.1, 0.15) is 122 Å². The van der Waals surface area contributed by atoms with Crippen molar-refractivity contribution >= 4 is 5.97 Å². The molecule has 0 bridgehead atoms. The summed E-state index contributed by atoms with van der Waals surface area (Å²) in [6.07, 6.45) is 16.6. The zero-order valence-corrected chi connectivity index (χ0v) is 22.5. The van der Waals surface area contributed by atoms with Gasteiger partial charge in [0.05, 0.1) is 6.61 Å². The van der Waals surface area contributed by atoms with Crippen LogP contribution in [0.2, 0.25) is 0 Å². The van der Waals surface area contributed by atoms with Crippen molar-refractivity contribution in [1.82, 2.24) is 0 Å². The van der Waals surface area contributed by atoms with Crippen LogP contribution in [0.5, 0.6) is 5.75 Å². The van der Waals surface area contributed by atoms with Gasteiger partial charge in [0.2, 0.25) is 0 Å². The number of carbonyl (C=O) groups is 1. The number of ether oxygens (including phenoxy) is 2. The molecule has 1 unspecified atom stereocenters. The predicted molar refractivity (Wildman–Crippen MR) is 148 cm³/mol. The van der Waals surface area contributed by atoms with Crippen molar-refractivity contribution in [3.8, 4) is 16.9 Å². The average molecular weight is 481 g/mol. The van der Waals surface area contributed by atoms with Gasteiger partial charge < -0.3 is 9.47 Å². The molecular weight excluding hydrogens is 432 g/mol. The van der Waals surface area contributed by atoms with Crippen LogP contribution in [0.25, 0.3) is 11.1 Å². The minimum atomic E-state index is -0.224. The molecule has 0 N–H and O–H groups in total. The number of unbranched alkanes of at least 4 members (excludes halogenated alkanes) is 11. The quantitative estimate of drug-likeness (QED) is 0.148. The highest BCUT2D eigenvalue weighted by atomic mass is 16.5. The van der Waals surface area contributed by atoms with E-state index in [1.54, 1.807) is 0 Å². The Morgan fingerprint density at radius 1 is 0.657 bits per heavy atom. The van der Waals surface area contributed by atoms with E-state index in [9.17, 15) is 4.79 Å². The molecule has 0 aliphatic heterocycles. The van der Waals surface area contributed by atoms with Gasteiger partial charge in [0.25, 0.3) is 0 Å². The third kappa shape index (κ3) is 12.3. The molecule has 0 radical (unpaired) electrons. The predicted octanol–water partition coefficient (Wildman–Crippen LogP) is 9.84. The molecule has 0 aromatic heterocycles. The molecule has 0 aliphatic carbocycles. The SMILES string of the molecule is CCCCCCCCCCCCCC(=O)OC(C)c1ccc(-c2ccc(OCCCC)cc2)cc1. The lowest BCUT2D eigenvalue weighted by atomic mass is 10.0. The summed E-state index contributed by atoms with van der Waals surface area (Å²) in [5.74, 6) is 0.827. The van der Waals surface area contributed by atoms with E-state index in [0.29, 0.717) is 6.42 Å². The van der Waals surface area contributed by atoms with Gasteiger partial charge in [0.15, 0.2) is 0 Å². The molecule has 0 heterocycles. The first-order chi connectivity index (χ1) is 17.1. The second-order valence-corrected chi connectivity index (χ2v) is 9.77. The average Bonchev–Trinajstić information content (AvgIpc) is 2.88. The number of carbonyl (C=O) groups excluding carboxylic acids is 1. The summed E-state index contributed by atoms with van der Waals surface area (Å²) in [5, 5.41) is 0. The minimum Gasteiger partial charge on any atom is -0.494 e. The lowest BCUT2D eigenvalue weighted by Crippen LogP contribution is -2.08. The van der Waals surface area contributed by atoms with Crippen molar-refractivity contribution < 1.29 is 14.3 Å². The Balaban J connectivity index is 1.62. The molecule has 194 valence electrons. The highest BCUT2D eigenvalue weighted by Crippen LogP contribution is 2.26. The topological polar surface area (TPSA) is 35.5 Å². The van der Waals surface area contributed by atoms with Crippen LogP contribution in [0.4, 0.5) is 0 Å². The van der Waals surface area contributed by atoms with Crippen molar-refractivity contribution in [3.05, 3.63) is 54.1 Å². The number of esters is 1. The Morgan fingerprint density at radius 3 is 1.69 bits per heavy atom. The van der Waals surface area contributed by atoms with Gasteiger partial charge in [-0.1, -0.05) is 121 Å². The highest BCUT2D eigenvalue weighted by molar-refractivity contribution is 5.69. The van der Waals surface area contributed by atoms with Crippen LogP contribution in [0, 0.1) is 0 Å². The maximum absolute atomic E-state index is 12.3. The van der Waals surface area contributed by atoms with Crippen molar-refractivity contribution in [2.75, 3.05) is 6.61 Å². The number of hydrogen-bond donors (Lipinski definition) is 0. The van der Waals surface area contributed by atoms with Gasteiger partial charge >= 0.3 is 5.97 Å². The number of rotatable bonds is 19. The summed E-state index contributed by atoms with van der Waals surface area (Å²) in [4.78, 5) is 12.3. The molecule has 0 fully saturated rings. The lowest BCUT2D eigenvalue weighted by molar-refractivity contribution is -0.148. The van der Waals surface area contributed by atoms with Crippen molar-refractivity contribution in [1.29, 1.82) is 0 Å². The van der Waals surface area contributed by atoms with Crippen molar-refractivity contribution in [2.45, 2.75) is 117 Å². The molecule has 0 saturated heterocycles. The van der Waals surface area contributed by atoms with Gasteiger partial charge in [-0.15, -0.1) is 0 Å². The van der Waals surface area contributed by atoms with E-state index >= 15 is 0 Å². The van der Waals surface area contributed by atoms with Crippen molar-refractivity contribution in [2.24, 2.45) is 0 Å². The van der Waals surface area contributed by atoms with Gasteiger partial charge in [-0.2, -0.15) is 0 Å². The number of hydrogen-bond acceptors (Lipinski definition) is 3. The van der Waals surface area contributed by atoms with E-state index in [1.165, 1.54) is 57.8 Å². The van der Waals surface area contributed by atoms with E-state index in [1.807, 2.05) is 19.1 Å². The second kappa shape index (κ2) is 18.0. The molecule has 2 aromatic carbocycles. The fourth-order valence-corrected chi connectivity index (χ4v) is 4.28. The molecule has 35 heavy (non-hydrogen) atoms. The third-order valence-corrected chi connectivity index (χ3v) is 6.63. The third-order valence-electron chi connectivity index (χ3n) is 6.63. The Hall–Kier alpha value is -2.29. The first-order valence-electron chi connectivity index (χ1n) is 14.2. The molecule has 0 saturated carbocycles. The largest absolute Gasteiger partial charge is 0.494 e. The van der Waals surface area contributed by atoms with Gasteiger partial charge in [0.1, 0.15) is 11.9 Å². The molecule has 1 atom stereocenters. The summed E-state index contributed by atoms with van der Waals surface area (Å²) >= 11 is 0. The smallest absolute Gasteiger partial charge is 0.306 e. The zero-order valence-electron chi connectivity index (χ0n) is 22.5. The summed E-state index contributed by atoms with van der Waals surface area (Å²) in [7, 11) is 0. The van der Waals surface area contributed by atoms with Crippen LogP contribution < -0.4 is 4.74 Å². The van der Waals surface area contributed by atoms with E-state index in [2.05, 4.69) is 50.2 Å². The molecule has 0 amide bonds. The maximum Gasteiger partial charge on any atom is 0.306 e. The molecule has 3 nitrogen and oxygen atoms in total. The second-order valence-electron chi connectivity index (χ2n) is 9.77. The van der Waals surface area contributed by atoms with Crippen LogP contribution in [-0.4, -0.2) is 12.6 Å². The van der Waals surface area contributed by atoms with Crippen molar-refractivity contribution in [3.63, 3.8) is 0 Å². The lowest BCUT2D eigenvalue weighted by Gasteiger charge is -2.14. The van der Waals surface area contributed by atoms with Crippen LogP contribution in [0.15, 0.2) is 48.5 Å². The zero-order chi connectivity index (χ0) is 25.1. The van der Waals surface area contributed by atoms with E-state index in [4.69, 9.17) is 9.47 Å². The Kier molecular flexibility index (Phi) is 14.9. The van der Waals surface area contributed by atoms with Gasteiger partial charge in [0, 0.05) is 6.42 Å². The van der Waals surface area contributed by atoms with Gasteiger partial charge in [-0.3, -0.25) is 4.79 Å². The van der Waals surface area contributed by atoms with Crippen LogP contribution >= 0.6 is 0 Å². The fourth-order valence-electron chi connectivity index (χ4n) is 4.28. The van der Waals surface area contributed by atoms with Gasteiger partial charge in [-0.25, -0.2) is 0 Å². The molecule has 0 spiro atoms. The first-order valence-corrected chi connectivity index (χ1v) is 14.2. The number of benzene rings is 2. The summed E-state index contributed by atoms with van der Waals surface area (Å²) in [6.45, 7) is 7.15. The Morgan fingerprint density at radius 2 is 1.14 bits per heavy atom. The van der Waals surface area contributed by atoms with E-state index in [-0.39, 0.29) is 12.1 Å². The molecule has 3 heteroatoms. The normalized spacial score (nSPS) is 11.9. The standard InChI is InChI=1S/C32H48O3/c1-4-6-8-9-10-11-12-13-14-15-16-17-32(33)35-27(3)28-18-20-29(21-19-28)30-22-24-31(25-23-30)34-26-7-5-2/h18-25,27H,4-17,26H2,1-3H3.